The van der Waals surface area contributed by atoms with E-state index in [-0.39, 0.29) is 0 Å². The molecule has 51 heavy (non-hydrogen) atoms. The van der Waals surface area contributed by atoms with E-state index in [1.54, 1.807) is 89.9 Å². The molecule has 292 valence electrons. The molecule has 8 aliphatic carbocycles. The first kappa shape index (κ1) is 37.9. The van der Waals surface area contributed by atoms with Gasteiger partial charge in [0, 0.05) is 0 Å². The SMILES string of the molecule is CCC(CC)C1CC2(CC(C(CC)CC)C1C)C1CCC3C(CC(C)(C)C)CCCC3C1C1C3C4CCC5CCCCC5C4C(C)(C)C3CCC12. The highest BCUT2D eigenvalue weighted by Crippen LogP contribution is 2.79. The molecule has 0 aromatic rings. The fourth-order valence-corrected chi connectivity index (χ4v) is 19.6. The molecule has 1 spiro atoms. The predicted octanol–water partition coefficient (Wildman–Crippen LogP) is 15.1. The van der Waals surface area contributed by atoms with Gasteiger partial charge in [-0.3, -0.25) is 0 Å². The molecular weight excluding hydrogens is 613 g/mol. The van der Waals surface area contributed by atoms with Crippen LogP contribution < -0.4 is 0 Å². The van der Waals surface area contributed by atoms with Crippen LogP contribution in [0.3, 0.4) is 0 Å². The van der Waals surface area contributed by atoms with Crippen molar-refractivity contribution in [3.63, 3.8) is 0 Å². The van der Waals surface area contributed by atoms with E-state index in [4.69, 9.17) is 0 Å². The first-order chi connectivity index (χ1) is 24.4. The summed E-state index contributed by atoms with van der Waals surface area (Å²) in [6.07, 6.45) is 31.1. The lowest BCUT2D eigenvalue weighted by atomic mass is 9.47. The Morgan fingerprint density at radius 3 is 1.75 bits per heavy atom. The summed E-state index contributed by atoms with van der Waals surface area (Å²) < 4.78 is 0. The van der Waals surface area contributed by atoms with E-state index < -0.39 is 0 Å². The van der Waals surface area contributed by atoms with Crippen LogP contribution in [-0.4, -0.2) is 0 Å². The summed E-state index contributed by atoms with van der Waals surface area (Å²) in [6.45, 7) is 26.5. The molecular formula is C51H88. The van der Waals surface area contributed by atoms with Gasteiger partial charge in [-0.25, -0.2) is 0 Å². The minimum Gasteiger partial charge on any atom is -0.0651 e. The third kappa shape index (κ3) is 5.96. The maximum absolute atomic E-state index is 2.87. The van der Waals surface area contributed by atoms with Gasteiger partial charge < -0.3 is 0 Å². The smallest absolute Gasteiger partial charge is 0.0230 e. The van der Waals surface area contributed by atoms with E-state index in [0.29, 0.717) is 16.2 Å². The summed E-state index contributed by atoms with van der Waals surface area (Å²) in [6, 6.07) is 0. The zero-order valence-electron chi connectivity index (χ0n) is 36.0. The van der Waals surface area contributed by atoms with Gasteiger partial charge in [0.25, 0.3) is 0 Å². The van der Waals surface area contributed by atoms with E-state index in [1.165, 1.54) is 38.5 Å². The molecule has 0 aromatic carbocycles. The van der Waals surface area contributed by atoms with Crippen LogP contribution in [0.1, 0.15) is 198 Å². The molecule has 15 atom stereocenters. The lowest BCUT2D eigenvalue weighted by Gasteiger charge is -2.58. The fraction of sp³-hybridized carbons (Fsp3) is 1.00. The number of rotatable bonds is 7. The Labute approximate surface area is 319 Å². The van der Waals surface area contributed by atoms with Gasteiger partial charge in [-0.15, -0.1) is 0 Å². The molecule has 8 fully saturated rings. The lowest BCUT2D eigenvalue weighted by molar-refractivity contribution is -0.0901. The van der Waals surface area contributed by atoms with Gasteiger partial charge in [0.1, 0.15) is 0 Å². The zero-order valence-corrected chi connectivity index (χ0v) is 36.0. The number of fused-ring (bicyclic) bond motifs is 13. The van der Waals surface area contributed by atoms with Crippen molar-refractivity contribution in [1.82, 2.24) is 0 Å². The Morgan fingerprint density at radius 1 is 0.549 bits per heavy atom. The van der Waals surface area contributed by atoms with E-state index in [0.717, 1.165) is 107 Å². The molecule has 0 nitrogen and oxygen atoms in total. The second kappa shape index (κ2) is 14.2. The van der Waals surface area contributed by atoms with E-state index in [9.17, 15) is 0 Å². The molecule has 15 unspecified atom stereocenters. The molecule has 0 N–H and O–H groups in total. The van der Waals surface area contributed by atoms with E-state index in [2.05, 4.69) is 69.2 Å². The van der Waals surface area contributed by atoms with Crippen LogP contribution in [0.5, 0.6) is 0 Å². The van der Waals surface area contributed by atoms with Crippen molar-refractivity contribution < 1.29 is 0 Å². The monoisotopic (exact) mass is 701 g/mol. The van der Waals surface area contributed by atoms with Crippen molar-refractivity contribution in [1.29, 1.82) is 0 Å². The Morgan fingerprint density at radius 2 is 1.10 bits per heavy atom. The minimum absolute atomic E-state index is 0.477. The highest BCUT2D eigenvalue weighted by molar-refractivity contribution is 5.21. The van der Waals surface area contributed by atoms with Crippen molar-refractivity contribution in [3.8, 4) is 0 Å². The molecule has 8 saturated carbocycles. The van der Waals surface area contributed by atoms with Gasteiger partial charge in [0.2, 0.25) is 0 Å². The third-order valence-corrected chi connectivity index (χ3v) is 21.0. The van der Waals surface area contributed by atoms with E-state index >= 15 is 0 Å². The molecule has 0 bridgehead atoms. The molecule has 0 aromatic heterocycles. The van der Waals surface area contributed by atoms with Crippen molar-refractivity contribution in [2.45, 2.75) is 198 Å². The molecule has 0 amide bonds. The molecule has 0 saturated heterocycles. The molecule has 0 aliphatic heterocycles. The Kier molecular flexibility index (Phi) is 10.5. The summed E-state index contributed by atoms with van der Waals surface area (Å²) in [5.74, 6) is 18.5. The minimum atomic E-state index is 0.477. The normalized spacial score (nSPS) is 50.4. The largest absolute Gasteiger partial charge is 0.0651 e. The van der Waals surface area contributed by atoms with Gasteiger partial charge >= 0.3 is 0 Å². The topological polar surface area (TPSA) is 0 Å². The molecule has 8 aliphatic rings. The van der Waals surface area contributed by atoms with E-state index in [1.807, 2.05) is 0 Å². The van der Waals surface area contributed by atoms with Crippen molar-refractivity contribution in [2.24, 2.45) is 123 Å². The quantitative estimate of drug-likeness (QED) is 0.248. The van der Waals surface area contributed by atoms with Gasteiger partial charge in [-0.05, 0) is 193 Å². The molecule has 8 rings (SSSR count). The van der Waals surface area contributed by atoms with Crippen LogP contribution in [0.15, 0.2) is 0 Å². The highest BCUT2D eigenvalue weighted by atomic mass is 14.8. The van der Waals surface area contributed by atoms with Crippen molar-refractivity contribution >= 4 is 0 Å². The first-order valence-electron chi connectivity index (χ1n) is 24.4. The predicted molar refractivity (Wildman–Crippen MR) is 219 cm³/mol. The molecule has 0 heteroatoms. The maximum atomic E-state index is 2.87. The maximum Gasteiger partial charge on any atom is -0.0230 e. The van der Waals surface area contributed by atoms with Crippen LogP contribution >= 0.6 is 0 Å². The highest BCUT2D eigenvalue weighted by Gasteiger charge is 2.72. The Balaban J connectivity index is 1.25. The summed E-state index contributed by atoms with van der Waals surface area (Å²) >= 11 is 0. The standard InChI is InChI=1S/C51H88/c1-11-32(12-2)40-29-51(30-41(31(40)5)33(13-3)14-4)43-25-24-36-35(28-49(6,7)8)19-17-21-38(36)45(43)47-44(51)27-26-42-46(47)39-23-22-34-18-15-16-20-37(34)48(39)50(42,9)10/h31-48H,11-30H2,1-10H3. The van der Waals surface area contributed by atoms with Gasteiger partial charge in [0.15, 0.2) is 0 Å². The summed E-state index contributed by atoms with van der Waals surface area (Å²) in [5, 5.41) is 0. The van der Waals surface area contributed by atoms with Crippen molar-refractivity contribution in [2.75, 3.05) is 0 Å². The van der Waals surface area contributed by atoms with Gasteiger partial charge in [0.05, 0.1) is 0 Å². The Hall–Kier alpha value is 0. The second-order valence-corrected chi connectivity index (χ2v) is 23.8. The fourth-order valence-electron chi connectivity index (χ4n) is 19.6. The number of hydrogen-bond donors (Lipinski definition) is 0. The second-order valence-electron chi connectivity index (χ2n) is 23.8. The lowest BCUT2D eigenvalue weighted by Crippen LogP contribution is -2.50. The van der Waals surface area contributed by atoms with Crippen LogP contribution in [0.4, 0.5) is 0 Å². The van der Waals surface area contributed by atoms with Gasteiger partial charge in [-0.2, -0.15) is 0 Å². The summed E-state index contributed by atoms with van der Waals surface area (Å²) in [7, 11) is 0. The summed E-state index contributed by atoms with van der Waals surface area (Å²) in [4.78, 5) is 0. The number of hydrogen-bond acceptors (Lipinski definition) is 0. The average molecular weight is 701 g/mol. The van der Waals surface area contributed by atoms with Crippen LogP contribution in [-0.2, 0) is 0 Å². The third-order valence-electron chi connectivity index (χ3n) is 21.0. The average Bonchev–Trinajstić information content (AvgIpc) is 3.52. The first-order valence-corrected chi connectivity index (χ1v) is 24.4. The van der Waals surface area contributed by atoms with Gasteiger partial charge in [-0.1, -0.05) is 127 Å². The summed E-state index contributed by atoms with van der Waals surface area (Å²) in [5.41, 5.74) is 1.70. The molecule has 0 heterocycles. The molecule has 0 radical (unpaired) electrons. The van der Waals surface area contributed by atoms with Crippen molar-refractivity contribution in [3.05, 3.63) is 0 Å². The Bertz CT molecular complexity index is 1150. The van der Waals surface area contributed by atoms with Crippen LogP contribution in [0, 0.1) is 123 Å². The van der Waals surface area contributed by atoms with Crippen LogP contribution in [0.2, 0.25) is 0 Å². The van der Waals surface area contributed by atoms with Crippen LogP contribution in [0.25, 0.3) is 0 Å². The zero-order chi connectivity index (χ0) is 36.0.